The fourth-order valence-electron chi connectivity index (χ4n) is 3.61. The predicted octanol–water partition coefficient (Wildman–Crippen LogP) is 2.22. The van der Waals surface area contributed by atoms with Crippen molar-refractivity contribution in [1.82, 2.24) is 19.4 Å². The molecule has 1 N–H and O–H groups in total. The normalized spacial score (nSPS) is 20.9. The fraction of sp³-hybridized carbons (Fsp3) is 0.526. The van der Waals surface area contributed by atoms with Crippen molar-refractivity contribution in [1.29, 1.82) is 0 Å². The summed E-state index contributed by atoms with van der Waals surface area (Å²) >= 11 is 0. The van der Waals surface area contributed by atoms with Crippen LogP contribution < -0.4 is 4.72 Å². The molecule has 1 saturated carbocycles. The molecule has 26 heavy (non-hydrogen) atoms. The lowest BCUT2D eigenvalue weighted by Gasteiger charge is -2.34. The maximum atomic E-state index is 12.0. The van der Waals surface area contributed by atoms with Crippen molar-refractivity contribution in [3.8, 4) is 0 Å². The van der Waals surface area contributed by atoms with Gasteiger partial charge in [-0.15, -0.1) is 0 Å². The van der Waals surface area contributed by atoms with Crippen LogP contribution in [-0.2, 0) is 23.1 Å². The highest BCUT2D eigenvalue weighted by atomic mass is 32.2. The van der Waals surface area contributed by atoms with Crippen molar-refractivity contribution in [3.63, 3.8) is 0 Å². The number of aryl methyl sites for hydroxylation is 1. The van der Waals surface area contributed by atoms with Crippen molar-refractivity contribution in [3.05, 3.63) is 53.3 Å². The van der Waals surface area contributed by atoms with Gasteiger partial charge in [0.25, 0.3) is 0 Å². The maximum absolute atomic E-state index is 12.0. The van der Waals surface area contributed by atoms with E-state index in [1.165, 1.54) is 16.8 Å². The summed E-state index contributed by atoms with van der Waals surface area (Å²) in [6.07, 6.45) is 4.19. The van der Waals surface area contributed by atoms with Gasteiger partial charge >= 0.3 is 0 Å². The van der Waals surface area contributed by atoms with Crippen LogP contribution in [0, 0.1) is 6.92 Å². The van der Waals surface area contributed by atoms with Gasteiger partial charge in [0.1, 0.15) is 0 Å². The Labute approximate surface area is 155 Å². The smallest absolute Gasteiger partial charge is 0.214 e. The summed E-state index contributed by atoms with van der Waals surface area (Å²) in [5.74, 6) is 0. The lowest BCUT2D eigenvalue weighted by Crippen LogP contribution is -2.39. The minimum atomic E-state index is -3.11. The molecule has 2 aromatic rings. The van der Waals surface area contributed by atoms with Crippen molar-refractivity contribution in [2.45, 2.75) is 50.6 Å². The highest BCUT2D eigenvalue weighted by molar-refractivity contribution is 7.90. The third-order valence-corrected chi connectivity index (χ3v) is 7.18. The quantitative estimate of drug-likeness (QED) is 0.807. The van der Waals surface area contributed by atoms with Gasteiger partial charge in [-0.25, -0.2) is 13.1 Å². The van der Waals surface area contributed by atoms with Crippen LogP contribution in [0.25, 0.3) is 0 Å². The highest BCUT2D eigenvalue weighted by Gasteiger charge is 2.35. The summed E-state index contributed by atoms with van der Waals surface area (Å²) in [4.78, 5) is 2.42. The second-order valence-electron chi connectivity index (χ2n) is 7.50. The number of nitrogens with one attached hydrogen (secondary N) is 1. The van der Waals surface area contributed by atoms with Crippen LogP contribution in [0.1, 0.15) is 42.1 Å². The van der Waals surface area contributed by atoms with Gasteiger partial charge in [0.05, 0.1) is 17.0 Å². The van der Waals surface area contributed by atoms with E-state index in [1.807, 2.05) is 6.20 Å². The molecule has 1 fully saturated rings. The molecule has 6 nitrogen and oxygen atoms in total. The molecule has 140 valence electrons. The topological polar surface area (TPSA) is 67.2 Å². The van der Waals surface area contributed by atoms with Crippen molar-refractivity contribution < 1.29 is 8.42 Å². The summed E-state index contributed by atoms with van der Waals surface area (Å²) in [5, 5.41) is 4.31. The van der Waals surface area contributed by atoms with E-state index in [0.717, 1.165) is 38.9 Å². The Morgan fingerprint density at radius 1 is 1.19 bits per heavy atom. The van der Waals surface area contributed by atoms with Gasteiger partial charge in [-0.2, -0.15) is 5.10 Å². The number of sulfonamides is 1. The Balaban J connectivity index is 1.40. The number of hydrogen-bond acceptors (Lipinski definition) is 4. The molecule has 0 radical (unpaired) electrons. The lowest BCUT2D eigenvalue weighted by atomic mass is 10.1. The SMILES string of the molecule is Cc1ccc(CN2Cc3ccnn3C(CCNS(=O)(=O)C3CC3)C2)cc1. The van der Waals surface area contributed by atoms with E-state index in [-0.39, 0.29) is 11.3 Å². The molecule has 1 aliphatic carbocycles. The molecule has 1 aromatic heterocycles. The van der Waals surface area contributed by atoms with Crippen LogP contribution in [0.4, 0.5) is 0 Å². The Bertz CT molecular complexity index is 856. The van der Waals surface area contributed by atoms with Gasteiger partial charge in [0.2, 0.25) is 10.0 Å². The molecule has 1 unspecified atom stereocenters. The summed E-state index contributed by atoms with van der Waals surface area (Å²) in [7, 11) is -3.11. The van der Waals surface area contributed by atoms with E-state index < -0.39 is 10.0 Å². The number of fused-ring (bicyclic) bond motifs is 1. The fourth-order valence-corrected chi connectivity index (χ4v) is 5.01. The largest absolute Gasteiger partial charge is 0.291 e. The third-order valence-electron chi connectivity index (χ3n) is 5.22. The average Bonchev–Trinajstić information content (AvgIpc) is 3.37. The first-order chi connectivity index (χ1) is 12.5. The highest BCUT2D eigenvalue weighted by Crippen LogP contribution is 2.28. The molecule has 0 saturated heterocycles. The summed E-state index contributed by atoms with van der Waals surface area (Å²) < 4.78 is 28.9. The van der Waals surface area contributed by atoms with Gasteiger partial charge in [0, 0.05) is 32.4 Å². The Hall–Kier alpha value is -1.70. The van der Waals surface area contributed by atoms with Crippen LogP contribution in [0.5, 0.6) is 0 Å². The van der Waals surface area contributed by atoms with E-state index in [9.17, 15) is 8.42 Å². The monoisotopic (exact) mass is 374 g/mol. The van der Waals surface area contributed by atoms with E-state index in [4.69, 9.17) is 0 Å². The van der Waals surface area contributed by atoms with E-state index in [1.54, 1.807) is 0 Å². The molecule has 4 rings (SSSR count). The number of rotatable bonds is 7. The molecule has 0 bridgehead atoms. The lowest BCUT2D eigenvalue weighted by molar-refractivity contribution is 0.162. The molecule has 0 amide bonds. The van der Waals surface area contributed by atoms with E-state index in [0.29, 0.717) is 6.54 Å². The zero-order chi connectivity index (χ0) is 18.1. The number of aromatic nitrogens is 2. The second kappa shape index (κ2) is 7.13. The van der Waals surface area contributed by atoms with Crippen molar-refractivity contribution in [2.75, 3.05) is 13.1 Å². The van der Waals surface area contributed by atoms with Crippen molar-refractivity contribution in [2.24, 2.45) is 0 Å². The zero-order valence-electron chi connectivity index (χ0n) is 15.1. The second-order valence-corrected chi connectivity index (χ2v) is 9.55. The Morgan fingerprint density at radius 2 is 1.96 bits per heavy atom. The predicted molar refractivity (Wildman–Crippen MR) is 101 cm³/mol. The Kier molecular flexibility index (Phi) is 4.86. The van der Waals surface area contributed by atoms with Crippen LogP contribution in [-0.4, -0.2) is 41.4 Å². The van der Waals surface area contributed by atoms with Crippen LogP contribution in [0.2, 0.25) is 0 Å². The first-order valence-electron chi connectivity index (χ1n) is 9.30. The first-order valence-corrected chi connectivity index (χ1v) is 10.8. The Morgan fingerprint density at radius 3 is 2.69 bits per heavy atom. The van der Waals surface area contributed by atoms with Crippen LogP contribution in [0.15, 0.2) is 36.5 Å². The molecular weight excluding hydrogens is 348 g/mol. The molecular formula is C19H26N4O2S. The molecule has 1 aromatic carbocycles. The number of nitrogens with zero attached hydrogens (tertiary/aromatic N) is 3. The standard InChI is InChI=1S/C19H26N4O2S/c1-15-2-4-16(5-3-15)12-22-13-17-8-10-20-23(17)18(14-22)9-11-21-26(24,25)19-6-7-19/h2-5,8,10,18-19,21H,6-7,9,11-14H2,1H3. The van der Waals surface area contributed by atoms with Gasteiger partial charge in [-0.3, -0.25) is 9.58 Å². The third kappa shape index (κ3) is 4.00. The van der Waals surface area contributed by atoms with Crippen LogP contribution in [0.3, 0.4) is 0 Å². The summed E-state index contributed by atoms with van der Waals surface area (Å²) in [6.45, 7) is 5.23. The zero-order valence-corrected chi connectivity index (χ0v) is 16.0. The molecule has 7 heteroatoms. The maximum Gasteiger partial charge on any atom is 0.214 e. The summed E-state index contributed by atoms with van der Waals surface area (Å²) in [5.41, 5.74) is 3.77. The number of hydrogen-bond donors (Lipinski definition) is 1. The molecule has 0 spiro atoms. The van der Waals surface area contributed by atoms with Crippen molar-refractivity contribution >= 4 is 10.0 Å². The van der Waals surface area contributed by atoms with E-state index >= 15 is 0 Å². The first kappa shape index (κ1) is 17.7. The molecule has 2 aliphatic rings. The minimum absolute atomic E-state index is 0.160. The average molecular weight is 375 g/mol. The van der Waals surface area contributed by atoms with E-state index in [2.05, 4.69) is 56.7 Å². The summed E-state index contributed by atoms with van der Waals surface area (Å²) in [6, 6.07) is 10.9. The molecule has 2 heterocycles. The number of benzene rings is 1. The van der Waals surface area contributed by atoms with Crippen LogP contribution >= 0.6 is 0 Å². The van der Waals surface area contributed by atoms with Gasteiger partial charge in [-0.05, 0) is 37.8 Å². The van der Waals surface area contributed by atoms with Gasteiger partial charge < -0.3 is 0 Å². The van der Waals surface area contributed by atoms with Gasteiger partial charge in [0.15, 0.2) is 0 Å². The molecule has 1 aliphatic heterocycles. The molecule has 1 atom stereocenters. The van der Waals surface area contributed by atoms with Gasteiger partial charge in [-0.1, -0.05) is 29.8 Å². The minimum Gasteiger partial charge on any atom is -0.291 e.